The highest BCUT2D eigenvalue weighted by Gasteiger charge is 2.09. The Morgan fingerprint density at radius 3 is 2.58 bits per heavy atom. The fraction of sp³-hybridized carbons (Fsp3) is 0.429. The number of ether oxygens (including phenoxy) is 1. The van der Waals surface area contributed by atoms with E-state index in [0.717, 1.165) is 0 Å². The van der Waals surface area contributed by atoms with Crippen molar-refractivity contribution >= 4 is 12.1 Å². The van der Waals surface area contributed by atoms with Crippen molar-refractivity contribution in [1.29, 1.82) is 0 Å². The summed E-state index contributed by atoms with van der Waals surface area (Å²) in [7, 11) is 0. The molecule has 0 heterocycles. The highest BCUT2D eigenvalue weighted by molar-refractivity contribution is 5.95. The van der Waals surface area contributed by atoms with Gasteiger partial charge in [0.15, 0.2) is 0 Å². The van der Waals surface area contributed by atoms with Gasteiger partial charge in [0.1, 0.15) is 0 Å². The standard InChI is InChI=1S/C7H12N2O3/c1-3-4-5(2)6(10)12-7(11)9-8/h4H,3,8H2,1-2H3,(H,9,11). The van der Waals surface area contributed by atoms with Gasteiger partial charge in [-0.05, 0) is 13.3 Å². The fourth-order valence-electron chi connectivity index (χ4n) is 0.584. The van der Waals surface area contributed by atoms with Gasteiger partial charge in [0, 0.05) is 5.57 Å². The van der Waals surface area contributed by atoms with E-state index in [0.29, 0.717) is 12.0 Å². The lowest BCUT2D eigenvalue weighted by Gasteiger charge is -2.00. The molecule has 0 aromatic rings. The van der Waals surface area contributed by atoms with Crippen LogP contribution in [-0.4, -0.2) is 12.1 Å². The topological polar surface area (TPSA) is 81.4 Å². The number of hydrogen-bond donors (Lipinski definition) is 2. The Morgan fingerprint density at radius 1 is 1.58 bits per heavy atom. The van der Waals surface area contributed by atoms with Crippen LogP contribution in [0.1, 0.15) is 20.3 Å². The van der Waals surface area contributed by atoms with Crippen LogP contribution in [0.5, 0.6) is 0 Å². The average molecular weight is 172 g/mol. The van der Waals surface area contributed by atoms with Crippen molar-refractivity contribution < 1.29 is 14.3 Å². The van der Waals surface area contributed by atoms with Gasteiger partial charge in [-0.1, -0.05) is 13.0 Å². The van der Waals surface area contributed by atoms with Gasteiger partial charge in [-0.2, -0.15) is 0 Å². The SMILES string of the molecule is CCC=C(C)C(=O)OC(=O)NN. The van der Waals surface area contributed by atoms with Crippen LogP contribution >= 0.6 is 0 Å². The maximum absolute atomic E-state index is 10.9. The number of nitrogens with one attached hydrogen (secondary N) is 1. The van der Waals surface area contributed by atoms with Gasteiger partial charge in [0.2, 0.25) is 0 Å². The lowest BCUT2D eigenvalue weighted by atomic mass is 10.2. The molecule has 0 aliphatic heterocycles. The summed E-state index contributed by atoms with van der Waals surface area (Å²) < 4.78 is 4.23. The Morgan fingerprint density at radius 2 is 2.17 bits per heavy atom. The minimum absolute atomic E-state index is 0.390. The molecule has 5 heteroatoms. The largest absolute Gasteiger partial charge is 0.429 e. The van der Waals surface area contributed by atoms with E-state index >= 15 is 0 Å². The molecule has 0 radical (unpaired) electrons. The second-order valence-corrected chi connectivity index (χ2v) is 2.12. The number of hydrogen-bond acceptors (Lipinski definition) is 4. The number of esters is 1. The minimum atomic E-state index is -0.955. The molecular weight excluding hydrogens is 160 g/mol. The Balaban J connectivity index is 4.04. The number of carbonyl (C=O) groups excluding carboxylic acids is 2. The smallest absolute Gasteiger partial charge is 0.372 e. The van der Waals surface area contributed by atoms with Crippen molar-refractivity contribution in [1.82, 2.24) is 5.43 Å². The van der Waals surface area contributed by atoms with E-state index in [1.54, 1.807) is 18.4 Å². The monoisotopic (exact) mass is 172 g/mol. The predicted octanol–water partition coefficient (Wildman–Crippen LogP) is 0.469. The highest BCUT2D eigenvalue weighted by atomic mass is 16.6. The molecule has 5 nitrogen and oxygen atoms in total. The maximum Gasteiger partial charge on any atom is 0.429 e. The molecule has 0 bridgehead atoms. The van der Waals surface area contributed by atoms with Crippen LogP contribution in [0.3, 0.4) is 0 Å². The summed E-state index contributed by atoms with van der Waals surface area (Å²) in [6.45, 7) is 3.44. The molecule has 0 saturated carbocycles. The lowest BCUT2D eigenvalue weighted by Crippen LogP contribution is -2.32. The van der Waals surface area contributed by atoms with Crippen LogP contribution in [0.2, 0.25) is 0 Å². The minimum Gasteiger partial charge on any atom is -0.372 e. The lowest BCUT2D eigenvalue weighted by molar-refractivity contribution is -0.132. The molecule has 0 spiro atoms. The van der Waals surface area contributed by atoms with Gasteiger partial charge >= 0.3 is 12.1 Å². The molecule has 0 aliphatic rings. The second-order valence-electron chi connectivity index (χ2n) is 2.12. The first-order valence-corrected chi connectivity index (χ1v) is 3.51. The number of amides is 1. The Hall–Kier alpha value is -1.36. The van der Waals surface area contributed by atoms with Gasteiger partial charge in [0.05, 0.1) is 0 Å². The van der Waals surface area contributed by atoms with Crippen LogP contribution in [0.4, 0.5) is 4.79 Å². The highest BCUT2D eigenvalue weighted by Crippen LogP contribution is 1.98. The Bertz CT molecular complexity index is 211. The zero-order valence-electron chi connectivity index (χ0n) is 7.09. The third-order valence-corrected chi connectivity index (χ3v) is 1.14. The molecule has 0 aromatic carbocycles. The van der Waals surface area contributed by atoms with Crippen LogP contribution in [0, 0.1) is 0 Å². The van der Waals surface area contributed by atoms with Crippen molar-refractivity contribution in [2.24, 2.45) is 5.84 Å². The average Bonchev–Trinajstić information content (AvgIpc) is 2.04. The van der Waals surface area contributed by atoms with Gasteiger partial charge < -0.3 is 4.74 Å². The Kier molecular flexibility index (Phi) is 4.71. The maximum atomic E-state index is 10.9. The van der Waals surface area contributed by atoms with E-state index in [4.69, 9.17) is 5.84 Å². The summed E-state index contributed by atoms with van der Waals surface area (Å²) in [5, 5.41) is 0. The quantitative estimate of drug-likeness (QED) is 0.158. The van der Waals surface area contributed by atoms with E-state index in [-0.39, 0.29) is 0 Å². The molecule has 1 amide bonds. The summed E-state index contributed by atoms with van der Waals surface area (Å²) in [5.41, 5.74) is 2.07. The first-order valence-electron chi connectivity index (χ1n) is 3.51. The zero-order chi connectivity index (χ0) is 9.56. The van der Waals surface area contributed by atoms with Gasteiger partial charge in [0.25, 0.3) is 0 Å². The summed E-state index contributed by atoms with van der Waals surface area (Å²) in [5.74, 6) is 4.02. The normalized spacial score (nSPS) is 10.8. The molecule has 0 aromatic heterocycles. The fourth-order valence-corrected chi connectivity index (χ4v) is 0.584. The van der Waals surface area contributed by atoms with Crippen molar-refractivity contribution in [3.8, 4) is 0 Å². The van der Waals surface area contributed by atoms with E-state index in [9.17, 15) is 9.59 Å². The number of carbonyl (C=O) groups is 2. The van der Waals surface area contributed by atoms with Crippen LogP contribution in [0.15, 0.2) is 11.6 Å². The van der Waals surface area contributed by atoms with Gasteiger partial charge in [-0.15, -0.1) is 0 Å². The molecule has 0 unspecified atom stereocenters. The van der Waals surface area contributed by atoms with Crippen molar-refractivity contribution in [2.45, 2.75) is 20.3 Å². The molecule has 3 N–H and O–H groups in total. The predicted molar refractivity (Wildman–Crippen MR) is 42.9 cm³/mol. The Labute approximate surface area is 70.5 Å². The third kappa shape index (κ3) is 3.72. The molecule has 0 aliphatic carbocycles. The summed E-state index contributed by atoms with van der Waals surface area (Å²) in [6.07, 6.45) is 1.42. The number of allylic oxidation sites excluding steroid dienone is 1. The zero-order valence-corrected chi connectivity index (χ0v) is 7.09. The van der Waals surface area contributed by atoms with E-state index < -0.39 is 12.1 Å². The van der Waals surface area contributed by atoms with Crippen molar-refractivity contribution in [3.63, 3.8) is 0 Å². The molecule has 68 valence electrons. The van der Waals surface area contributed by atoms with Crippen molar-refractivity contribution in [3.05, 3.63) is 11.6 Å². The summed E-state index contributed by atoms with van der Waals surface area (Å²) in [4.78, 5) is 21.3. The van der Waals surface area contributed by atoms with E-state index in [1.165, 1.54) is 0 Å². The first kappa shape index (κ1) is 10.6. The van der Waals surface area contributed by atoms with Crippen molar-refractivity contribution in [2.75, 3.05) is 0 Å². The van der Waals surface area contributed by atoms with Crippen LogP contribution < -0.4 is 11.3 Å². The summed E-state index contributed by atoms with van der Waals surface area (Å²) in [6, 6.07) is 0. The van der Waals surface area contributed by atoms with Gasteiger partial charge in [-0.25, -0.2) is 15.4 Å². The molecular formula is C7H12N2O3. The number of rotatable bonds is 2. The molecule has 12 heavy (non-hydrogen) atoms. The van der Waals surface area contributed by atoms with E-state index in [2.05, 4.69) is 4.74 Å². The number of nitrogens with two attached hydrogens (primary N) is 1. The molecule has 0 rings (SSSR count). The van der Waals surface area contributed by atoms with Crippen LogP contribution in [-0.2, 0) is 9.53 Å². The van der Waals surface area contributed by atoms with Crippen LogP contribution in [0.25, 0.3) is 0 Å². The van der Waals surface area contributed by atoms with Gasteiger partial charge in [-0.3, -0.25) is 5.43 Å². The second kappa shape index (κ2) is 5.31. The first-order chi connectivity index (χ1) is 5.61. The third-order valence-electron chi connectivity index (χ3n) is 1.14. The molecule has 0 atom stereocenters. The summed E-state index contributed by atoms with van der Waals surface area (Å²) >= 11 is 0. The molecule has 0 fully saturated rings. The number of hydrazine groups is 1. The van der Waals surface area contributed by atoms with E-state index in [1.807, 2.05) is 6.92 Å². The molecule has 0 saturated heterocycles.